The van der Waals surface area contributed by atoms with Crippen LogP contribution >= 0.6 is 11.3 Å². The van der Waals surface area contributed by atoms with E-state index in [-0.39, 0.29) is 17.1 Å². The maximum absolute atomic E-state index is 12.3. The molecular formula is C19H20N4O4S. The first-order valence-electron chi connectivity index (χ1n) is 8.14. The van der Waals surface area contributed by atoms with Gasteiger partial charge in [-0.2, -0.15) is 0 Å². The number of carbonyl (C=O) groups is 3. The predicted octanol–water partition coefficient (Wildman–Crippen LogP) is 1.58. The van der Waals surface area contributed by atoms with Gasteiger partial charge in [-0.15, -0.1) is 11.3 Å². The van der Waals surface area contributed by atoms with Gasteiger partial charge in [0.1, 0.15) is 16.4 Å². The van der Waals surface area contributed by atoms with Crippen LogP contribution < -0.4 is 16.0 Å². The Morgan fingerprint density at radius 2 is 1.79 bits per heavy atom. The molecule has 0 fully saturated rings. The molecule has 0 radical (unpaired) electrons. The first-order valence-corrected chi connectivity index (χ1v) is 9.02. The second-order valence-corrected chi connectivity index (χ2v) is 6.48. The number of nitrogens with one attached hydrogen (secondary N) is 3. The number of methoxy groups -OCH3 is 1. The van der Waals surface area contributed by atoms with Crippen molar-refractivity contribution >= 4 is 29.1 Å². The van der Waals surface area contributed by atoms with Crippen LogP contribution in [0.5, 0.6) is 0 Å². The molecule has 0 spiro atoms. The number of thiazole rings is 1. The molecule has 1 aromatic carbocycles. The normalized spacial score (nSPS) is 10.1. The molecule has 9 heteroatoms. The Hall–Kier alpha value is -3.30. The lowest BCUT2D eigenvalue weighted by Crippen LogP contribution is -2.35. The molecule has 3 N–H and O–H groups in total. The highest BCUT2D eigenvalue weighted by molar-refractivity contribution is 7.13. The number of aromatic nitrogens is 1. The van der Waals surface area contributed by atoms with Crippen LogP contribution in [0.2, 0.25) is 0 Å². The quantitative estimate of drug-likeness (QED) is 0.458. The molecule has 0 atom stereocenters. The minimum atomic E-state index is -0.794. The monoisotopic (exact) mass is 400 g/mol. The van der Waals surface area contributed by atoms with Gasteiger partial charge in [-0.1, -0.05) is 37.4 Å². The molecule has 2 rings (SSSR count). The van der Waals surface area contributed by atoms with E-state index in [1.54, 1.807) is 5.38 Å². The Bertz CT molecular complexity index is 918. The van der Waals surface area contributed by atoms with E-state index < -0.39 is 17.8 Å². The lowest BCUT2D eigenvalue weighted by atomic mass is 10.1. The molecule has 146 valence electrons. The lowest BCUT2D eigenvalue weighted by molar-refractivity contribution is -0.137. The fourth-order valence-corrected chi connectivity index (χ4v) is 2.93. The molecule has 8 nitrogen and oxygen atoms in total. The average Bonchev–Trinajstić information content (AvgIpc) is 3.18. The van der Waals surface area contributed by atoms with Gasteiger partial charge in [-0.3, -0.25) is 9.59 Å². The maximum Gasteiger partial charge on any atom is 0.353 e. The summed E-state index contributed by atoms with van der Waals surface area (Å²) in [4.78, 5) is 39.8. The van der Waals surface area contributed by atoms with Gasteiger partial charge in [0, 0.05) is 17.5 Å². The van der Waals surface area contributed by atoms with Crippen LogP contribution in [0, 0.1) is 0 Å². The van der Waals surface area contributed by atoms with Gasteiger partial charge < -0.3 is 20.7 Å². The number of hydrogen-bond acceptors (Lipinski definition) is 7. The van der Waals surface area contributed by atoms with Crippen molar-refractivity contribution in [1.29, 1.82) is 0 Å². The lowest BCUT2D eigenvalue weighted by Gasteiger charge is -2.09. The molecule has 0 saturated heterocycles. The summed E-state index contributed by atoms with van der Waals surface area (Å²) in [5.74, 6) is -2.16. The van der Waals surface area contributed by atoms with Crippen LogP contribution in [0.25, 0.3) is 10.6 Å². The summed E-state index contributed by atoms with van der Waals surface area (Å²) < 4.78 is 4.43. The topological polar surface area (TPSA) is 109 Å². The summed E-state index contributed by atoms with van der Waals surface area (Å²) in [6, 6.07) is 7.82. The van der Waals surface area contributed by atoms with E-state index in [4.69, 9.17) is 0 Å². The highest BCUT2D eigenvalue weighted by Crippen LogP contribution is 2.24. The van der Waals surface area contributed by atoms with E-state index in [1.807, 2.05) is 31.3 Å². The van der Waals surface area contributed by atoms with Gasteiger partial charge in [0.15, 0.2) is 0 Å². The Kier molecular flexibility index (Phi) is 7.19. The number of rotatable bonds is 8. The fraction of sp³-hybridized carbons (Fsp3) is 0.158. The Labute approximate surface area is 166 Å². The highest BCUT2D eigenvalue weighted by Gasteiger charge is 2.18. The molecule has 1 heterocycles. The van der Waals surface area contributed by atoms with Crippen LogP contribution in [-0.4, -0.2) is 36.9 Å². The number of amides is 2. The third-order valence-electron chi connectivity index (χ3n) is 3.55. The Morgan fingerprint density at radius 1 is 1.11 bits per heavy atom. The number of esters is 1. The number of benzene rings is 1. The van der Waals surface area contributed by atoms with Gasteiger partial charge in [0.25, 0.3) is 11.8 Å². The molecule has 2 aromatic rings. The molecular weight excluding hydrogens is 380 g/mol. The SMILES string of the molecule is C=C(NC(=O)c1csc(-c2ccc(CNC)cc2)n1)C(=O)NC(=C)C(=O)OC. The summed E-state index contributed by atoms with van der Waals surface area (Å²) >= 11 is 1.31. The van der Waals surface area contributed by atoms with Gasteiger partial charge in [-0.25, -0.2) is 9.78 Å². The minimum Gasteiger partial charge on any atom is -0.464 e. The van der Waals surface area contributed by atoms with E-state index in [9.17, 15) is 14.4 Å². The summed E-state index contributed by atoms with van der Waals surface area (Å²) in [6.07, 6.45) is 0. The zero-order valence-electron chi connectivity index (χ0n) is 15.5. The van der Waals surface area contributed by atoms with Crippen LogP contribution in [0.4, 0.5) is 0 Å². The zero-order chi connectivity index (χ0) is 20.7. The molecule has 0 aliphatic rings. The van der Waals surface area contributed by atoms with Gasteiger partial charge in [0.05, 0.1) is 12.8 Å². The predicted molar refractivity (Wildman–Crippen MR) is 106 cm³/mol. The Morgan fingerprint density at radius 3 is 2.39 bits per heavy atom. The molecule has 0 aliphatic carbocycles. The average molecular weight is 400 g/mol. The van der Waals surface area contributed by atoms with Crippen molar-refractivity contribution < 1.29 is 19.1 Å². The third kappa shape index (κ3) is 5.35. The molecule has 0 aliphatic heterocycles. The van der Waals surface area contributed by atoms with Crippen molar-refractivity contribution in [3.63, 3.8) is 0 Å². The maximum atomic E-state index is 12.3. The first-order chi connectivity index (χ1) is 13.3. The van der Waals surface area contributed by atoms with E-state index in [2.05, 4.69) is 38.8 Å². The number of nitrogens with zero attached hydrogens (tertiary/aromatic N) is 1. The number of carbonyl (C=O) groups excluding carboxylic acids is 3. The molecule has 2 amide bonds. The first kappa shape index (κ1) is 21.0. The fourth-order valence-electron chi connectivity index (χ4n) is 2.12. The van der Waals surface area contributed by atoms with E-state index >= 15 is 0 Å². The van der Waals surface area contributed by atoms with E-state index in [1.165, 1.54) is 11.3 Å². The van der Waals surface area contributed by atoms with Crippen molar-refractivity contribution in [2.24, 2.45) is 0 Å². The summed E-state index contributed by atoms with van der Waals surface area (Å²) in [7, 11) is 3.03. The van der Waals surface area contributed by atoms with E-state index in [0.717, 1.165) is 24.8 Å². The van der Waals surface area contributed by atoms with Crippen LogP contribution in [0.15, 0.2) is 54.2 Å². The van der Waals surface area contributed by atoms with Gasteiger partial charge in [0.2, 0.25) is 0 Å². The van der Waals surface area contributed by atoms with Crippen molar-refractivity contribution in [3.8, 4) is 10.6 Å². The second-order valence-electron chi connectivity index (χ2n) is 5.62. The van der Waals surface area contributed by atoms with E-state index in [0.29, 0.717) is 5.01 Å². The molecule has 1 aromatic heterocycles. The molecule has 0 saturated carbocycles. The van der Waals surface area contributed by atoms with Crippen molar-refractivity contribution in [2.45, 2.75) is 6.54 Å². The summed E-state index contributed by atoms with van der Waals surface area (Å²) in [6.45, 7) is 7.61. The third-order valence-corrected chi connectivity index (χ3v) is 4.44. The number of hydrogen-bond donors (Lipinski definition) is 3. The van der Waals surface area contributed by atoms with Gasteiger partial charge >= 0.3 is 5.97 Å². The zero-order valence-corrected chi connectivity index (χ0v) is 16.3. The molecule has 0 unspecified atom stereocenters. The van der Waals surface area contributed by atoms with Crippen LogP contribution in [0.1, 0.15) is 16.1 Å². The largest absolute Gasteiger partial charge is 0.464 e. The standard InChI is InChI=1S/C19H20N4O4S/c1-11(16(24)22-12(2)19(26)27-4)21-17(25)15-10-28-18(23-15)14-7-5-13(6-8-14)9-20-3/h5-8,10,20H,1-2,9H2,3-4H3,(H,21,25)(H,22,24). The van der Waals surface area contributed by atoms with Crippen LogP contribution in [0.3, 0.4) is 0 Å². The molecule has 28 heavy (non-hydrogen) atoms. The van der Waals surface area contributed by atoms with Crippen molar-refractivity contribution in [3.05, 3.63) is 65.5 Å². The summed E-state index contributed by atoms with van der Waals surface area (Å²) in [5.41, 5.74) is 1.66. The second kappa shape index (κ2) is 9.58. The Balaban J connectivity index is 1.99. The summed E-state index contributed by atoms with van der Waals surface area (Å²) in [5, 5.41) is 9.87. The van der Waals surface area contributed by atoms with Crippen molar-refractivity contribution in [1.82, 2.24) is 20.9 Å². The van der Waals surface area contributed by atoms with Crippen LogP contribution in [-0.2, 0) is 20.9 Å². The highest BCUT2D eigenvalue weighted by atomic mass is 32.1. The minimum absolute atomic E-state index is 0.153. The molecule has 0 bridgehead atoms. The smallest absolute Gasteiger partial charge is 0.353 e. The van der Waals surface area contributed by atoms with Gasteiger partial charge in [-0.05, 0) is 12.6 Å². The van der Waals surface area contributed by atoms with Crippen molar-refractivity contribution in [2.75, 3.05) is 14.2 Å². The number of ether oxygens (including phenoxy) is 1.